The van der Waals surface area contributed by atoms with Crippen molar-refractivity contribution < 1.29 is 23.1 Å². The summed E-state index contributed by atoms with van der Waals surface area (Å²) in [5, 5.41) is 10.1. The lowest BCUT2D eigenvalue weighted by molar-refractivity contribution is -0.121. The van der Waals surface area contributed by atoms with Crippen LogP contribution in [-0.4, -0.2) is 53.8 Å². The highest BCUT2D eigenvalue weighted by Crippen LogP contribution is 2.42. The van der Waals surface area contributed by atoms with Crippen LogP contribution in [0.5, 0.6) is 0 Å². The zero-order valence-corrected chi connectivity index (χ0v) is 24.0. The maximum atomic E-state index is 13.8. The van der Waals surface area contributed by atoms with Crippen molar-refractivity contribution in [3.8, 4) is 10.4 Å². The number of carboxylic acids is 1. The van der Waals surface area contributed by atoms with Gasteiger partial charge >= 0.3 is 5.97 Å². The van der Waals surface area contributed by atoms with Gasteiger partial charge in [0.25, 0.3) is 0 Å². The number of hydrogen-bond acceptors (Lipinski definition) is 6. The second-order valence-corrected chi connectivity index (χ2v) is 13.6. The van der Waals surface area contributed by atoms with E-state index in [1.165, 1.54) is 10.5 Å². The molecule has 0 bridgehead atoms. The summed E-state index contributed by atoms with van der Waals surface area (Å²) < 4.78 is 28.6. The van der Waals surface area contributed by atoms with E-state index in [1.807, 2.05) is 45.0 Å². The molecule has 2 fully saturated rings. The number of benzene rings is 1. The summed E-state index contributed by atoms with van der Waals surface area (Å²) in [6.45, 7) is 5.37. The number of rotatable bonds is 6. The molecule has 1 atom stereocenters. The third-order valence-corrected chi connectivity index (χ3v) is 10.9. The first-order chi connectivity index (χ1) is 18.6. The number of piperazine rings is 1. The van der Waals surface area contributed by atoms with E-state index in [4.69, 9.17) is 0 Å². The second kappa shape index (κ2) is 10.8. The molecule has 3 aromatic rings. The highest BCUT2D eigenvalue weighted by Gasteiger charge is 2.44. The number of aryl methyl sites for hydroxylation is 3. The number of amides is 1. The maximum absolute atomic E-state index is 13.8. The fourth-order valence-corrected chi connectivity index (χ4v) is 8.06. The van der Waals surface area contributed by atoms with Gasteiger partial charge in [0, 0.05) is 23.3 Å². The largest absolute Gasteiger partial charge is 0.477 e. The van der Waals surface area contributed by atoms with Crippen LogP contribution in [0.1, 0.15) is 58.6 Å². The molecule has 2 aliphatic rings. The monoisotopic (exact) mass is 567 g/mol. The lowest BCUT2D eigenvalue weighted by Gasteiger charge is -2.44. The zero-order chi connectivity index (χ0) is 27.9. The molecule has 5 rings (SSSR count). The average molecular weight is 568 g/mol. The first-order valence-corrected chi connectivity index (χ1v) is 15.5. The molecule has 1 amide bonds. The van der Waals surface area contributed by atoms with Crippen LogP contribution in [0.4, 0.5) is 5.69 Å². The third kappa shape index (κ3) is 5.37. The Morgan fingerprint density at radius 1 is 1.05 bits per heavy atom. The number of thiophene rings is 1. The van der Waals surface area contributed by atoms with Crippen molar-refractivity contribution in [1.82, 2.24) is 9.29 Å². The Balaban J connectivity index is 1.56. The molecule has 8 nitrogen and oxygen atoms in total. The van der Waals surface area contributed by atoms with Gasteiger partial charge in [0.05, 0.1) is 18.3 Å². The smallest absolute Gasteiger partial charge is 0.348 e. The molecule has 1 aliphatic heterocycles. The van der Waals surface area contributed by atoms with Gasteiger partial charge in [-0.2, -0.15) is 4.31 Å². The molecular weight excluding hydrogens is 534 g/mol. The normalized spacial score (nSPS) is 19.4. The lowest BCUT2D eigenvalue weighted by Crippen LogP contribution is -2.60. The quantitative estimate of drug-likeness (QED) is 0.426. The Morgan fingerprint density at radius 3 is 2.38 bits per heavy atom. The molecule has 1 N–H and O–H groups in total. The van der Waals surface area contributed by atoms with Crippen molar-refractivity contribution in [1.29, 1.82) is 0 Å². The summed E-state index contributed by atoms with van der Waals surface area (Å²) in [6.07, 6.45) is 6.18. The minimum Gasteiger partial charge on any atom is -0.477 e. The molecule has 3 heterocycles. The van der Waals surface area contributed by atoms with Gasteiger partial charge in [0.2, 0.25) is 15.9 Å². The van der Waals surface area contributed by atoms with Crippen LogP contribution in [0, 0.1) is 26.7 Å². The summed E-state index contributed by atoms with van der Waals surface area (Å²) in [5.74, 6) is -1.43. The van der Waals surface area contributed by atoms with E-state index < -0.39 is 27.9 Å². The van der Waals surface area contributed by atoms with Crippen LogP contribution in [0.25, 0.3) is 10.4 Å². The van der Waals surface area contributed by atoms with Crippen LogP contribution in [0.3, 0.4) is 0 Å². The summed E-state index contributed by atoms with van der Waals surface area (Å²) in [7, 11) is -3.97. The van der Waals surface area contributed by atoms with Crippen LogP contribution >= 0.6 is 11.3 Å². The van der Waals surface area contributed by atoms with Crippen LogP contribution in [0.15, 0.2) is 47.5 Å². The van der Waals surface area contributed by atoms with Gasteiger partial charge in [-0.1, -0.05) is 49.1 Å². The van der Waals surface area contributed by atoms with Gasteiger partial charge in [-0.3, -0.25) is 9.78 Å². The number of sulfonamides is 1. The Bertz CT molecular complexity index is 1510. The summed E-state index contributed by atoms with van der Waals surface area (Å²) in [4.78, 5) is 33.0. The van der Waals surface area contributed by atoms with Gasteiger partial charge in [-0.25, -0.2) is 13.2 Å². The highest BCUT2D eigenvalue weighted by atomic mass is 32.2. The Kier molecular flexibility index (Phi) is 7.63. The van der Waals surface area contributed by atoms with Crippen LogP contribution in [-0.2, 0) is 14.8 Å². The van der Waals surface area contributed by atoms with Crippen molar-refractivity contribution >= 4 is 38.9 Å². The van der Waals surface area contributed by atoms with E-state index >= 15 is 0 Å². The van der Waals surface area contributed by atoms with Crippen LogP contribution < -0.4 is 4.90 Å². The first kappa shape index (κ1) is 27.5. The van der Waals surface area contributed by atoms with Gasteiger partial charge in [-0.05, 0) is 62.8 Å². The van der Waals surface area contributed by atoms with Gasteiger partial charge in [0.1, 0.15) is 9.77 Å². The molecule has 0 radical (unpaired) electrons. The summed E-state index contributed by atoms with van der Waals surface area (Å²) >= 11 is 1.14. The molecular formula is C29H33N3O5S2. The van der Waals surface area contributed by atoms with Gasteiger partial charge in [-0.15, -0.1) is 11.3 Å². The van der Waals surface area contributed by atoms with E-state index in [2.05, 4.69) is 4.98 Å². The first-order valence-electron chi connectivity index (χ1n) is 13.3. The molecule has 0 spiro atoms. The Labute approximate surface area is 233 Å². The molecule has 1 aromatic carbocycles. The number of hydrogen-bond donors (Lipinski definition) is 1. The maximum Gasteiger partial charge on any atom is 0.348 e. The van der Waals surface area contributed by atoms with Gasteiger partial charge < -0.3 is 10.0 Å². The average Bonchev–Trinajstić information content (AvgIpc) is 3.36. The number of carbonyl (C=O) groups excluding carboxylic acids is 1. The number of anilines is 1. The third-order valence-electron chi connectivity index (χ3n) is 7.95. The number of aromatic carboxylic acids is 1. The van der Waals surface area contributed by atoms with Crippen molar-refractivity contribution in [2.24, 2.45) is 5.92 Å². The topological polar surface area (TPSA) is 108 Å². The fourth-order valence-electron chi connectivity index (χ4n) is 5.62. The number of nitrogens with zero attached hydrogens (tertiary/aromatic N) is 3. The van der Waals surface area contributed by atoms with Crippen molar-refractivity contribution in [3.63, 3.8) is 0 Å². The van der Waals surface area contributed by atoms with E-state index in [0.717, 1.165) is 70.7 Å². The van der Waals surface area contributed by atoms with E-state index in [0.29, 0.717) is 5.69 Å². The zero-order valence-electron chi connectivity index (χ0n) is 22.4. The Hall–Kier alpha value is -3.08. The highest BCUT2D eigenvalue weighted by molar-refractivity contribution is 7.89. The minimum atomic E-state index is -3.97. The molecule has 1 unspecified atom stereocenters. The molecule has 1 saturated carbocycles. The molecule has 206 valence electrons. The molecule has 10 heteroatoms. The molecule has 2 aromatic heterocycles. The van der Waals surface area contributed by atoms with Gasteiger partial charge in [0.15, 0.2) is 0 Å². The van der Waals surface area contributed by atoms with E-state index in [1.54, 1.807) is 17.0 Å². The van der Waals surface area contributed by atoms with Crippen LogP contribution in [0.2, 0.25) is 0 Å². The fraction of sp³-hybridized carbons (Fsp3) is 0.414. The van der Waals surface area contributed by atoms with E-state index in [9.17, 15) is 23.1 Å². The van der Waals surface area contributed by atoms with E-state index in [-0.39, 0.29) is 28.8 Å². The summed E-state index contributed by atoms with van der Waals surface area (Å²) in [6, 6.07) is 10.7. The van der Waals surface area contributed by atoms with Crippen molar-refractivity contribution in [3.05, 3.63) is 64.3 Å². The number of aromatic nitrogens is 1. The molecule has 39 heavy (non-hydrogen) atoms. The number of carboxylic acid groups (broad SMARTS) is 1. The predicted molar refractivity (Wildman–Crippen MR) is 152 cm³/mol. The second-order valence-electron chi connectivity index (χ2n) is 10.6. The number of carbonyl (C=O) groups is 2. The minimum absolute atomic E-state index is 0.0673. The Morgan fingerprint density at radius 2 is 1.74 bits per heavy atom. The summed E-state index contributed by atoms with van der Waals surface area (Å²) in [5.41, 5.74) is 3.84. The van der Waals surface area contributed by atoms with Crippen molar-refractivity contribution in [2.75, 3.05) is 18.0 Å². The van der Waals surface area contributed by atoms with Crippen molar-refractivity contribution in [2.45, 2.75) is 63.8 Å². The predicted octanol–water partition coefficient (Wildman–Crippen LogP) is 5.42. The molecule has 1 saturated heterocycles. The molecule has 1 aliphatic carbocycles. The lowest BCUT2D eigenvalue weighted by atomic mass is 9.82. The SMILES string of the molecule is Cc1ccc(-c2cc(N3C(=O)CN(S(=O)(=O)c4cnc(C)c(C)c4)CC3C3CCCCC3)c(C(=O)O)s2)cc1. The number of pyridine rings is 1. The standard InChI is InChI=1S/C29H33N3O5S2/c1-18-9-11-22(12-10-18)26-14-24(28(38-26)29(34)35)32-25(21-7-5-4-6-8-21)16-31(17-27(32)33)39(36,37)23-13-19(2)20(3)30-15-23/h9-15,21,25H,4-8,16-17H2,1-3H3,(H,34,35).